The molecule has 1 aromatic heterocycles. The Hall–Kier alpha value is -0.940. The van der Waals surface area contributed by atoms with Crippen molar-refractivity contribution in [1.82, 2.24) is 15.5 Å². The van der Waals surface area contributed by atoms with Gasteiger partial charge >= 0.3 is 0 Å². The maximum Gasteiger partial charge on any atom is 0.228 e. The van der Waals surface area contributed by atoms with Crippen LogP contribution >= 0.6 is 0 Å². The lowest BCUT2D eigenvalue weighted by Gasteiger charge is -2.36. The van der Waals surface area contributed by atoms with E-state index in [1.54, 1.807) is 7.11 Å². The minimum absolute atomic E-state index is 0.0541. The van der Waals surface area contributed by atoms with E-state index in [4.69, 9.17) is 9.26 Å². The summed E-state index contributed by atoms with van der Waals surface area (Å²) in [7, 11) is 3.73. The molecule has 1 unspecified atom stereocenters. The van der Waals surface area contributed by atoms with Gasteiger partial charge in [0, 0.05) is 19.1 Å². The molecule has 1 aliphatic rings. The van der Waals surface area contributed by atoms with Crippen molar-refractivity contribution in [3.8, 4) is 0 Å². The van der Waals surface area contributed by atoms with Crippen LogP contribution in [0.1, 0.15) is 70.7 Å². The zero-order valence-electron chi connectivity index (χ0n) is 14.0. The van der Waals surface area contributed by atoms with Gasteiger partial charge in [-0.3, -0.25) is 0 Å². The number of nitrogens with one attached hydrogen (secondary N) is 1. The van der Waals surface area contributed by atoms with Gasteiger partial charge in [-0.1, -0.05) is 45.2 Å². The van der Waals surface area contributed by atoms with E-state index in [2.05, 4.69) is 36.2 Å². The van der Waals surface area contributed by atoms with Crippen LogP contribution in [0.4, 0.5) is 0 Å². The summed E-state index contributed by atoms with van der Waals surface area (Å²) in [6, 6.07) is 0. The number of ether oxygens (including phenoxy) is 1. The first kappa shape index (κ1) is 16.4. The number of aromatic nitrogens is 2. The molecule has 5 nitrogen and oxygen atoms in total. The third-order valence-electron chi connectivity index (χ3n) is 4.57. The molecule has 1 aliphatic carbocycles. The Balaban J connectivity index is 2.12. The quantitative estimate of drug-likeness (QED) is 0.903. The molecule has 0 amide bonds. The van der Waals surface area contributed by atoms with Gasteiger partial charge in [0.25, 0.3) is 0 Å². The molecule has 5 heteroatoms. The van der Waals surface area contributed by atoms with Gasteiger partial charge < -0.3 is 14.6 Å². The lowest BCUT2D eigenvalue weighted by molar-refractivity contribution is 0.00718. The first-order valence-electron chi connectivity index (χ1n) is 7.94. The molecule has 21 heavy (non-hydrogen) atoms. The van der Waals surface area contributed by atoms with Crippen molar-refractivity contribution >= 4 is 0 Å². The molecule has 1 fully saturated rings. The Morgan fingerprint density at radius 2 is 1.95 bits per heavy atom. The van der Waals surface area contributed by atoms with E-state index in [9.17, 15) is 0 Å². The number of hydrogen-bond acceptors (Lipinski definition) is 5. The molecule has 0 aliphatic heterocycles. The molecular formula is C16H29N3O2. The van der Waals surface area contributed by atoms with Crippen LogP contribution in [0.25, 0.3) is 0 Å². The van der Waals surface area contributed by atoms with E-state index in [0.29, 0.717) is 11.7 Å². The Labute approximate surface area is 127 Å². The van der Waals surface area contributed by atoms with E-state index in [1.807, 2.05) is 7.05 Å². The van der Waals surface area contributed by atoms with Crippen molar-refractivity contribution in [2.24, 2.45) is 5.41 Å². The molecule has 1 atom stereocenters. The summed E-state index contributed by atoms with van der Waals surface area (Å²) in [5.74, 6) is 1.37. The maximum absolute atomic E-state index is 5.55. The van der Waals surface area contributed by atoms with Crippen LogP contribution in [0.15, 0.2) is 4.52 Å². The highest BCUT2D eigenvalue weighted by Crippen LogP contribution is 2.35. The maximum atomic E-state index is 5.55. The van der Waals surface area contributed by atoms with Crippen molar-refractivity contribution in [1.29, 1.82) is 0 Å². The highest BCUT2D eigenvalue weighted by molar-refractivity contribution is 5.02. The van der Waals surface area contributed by atoms with Crippen LogP contribution in [0.3, 0.4) is 0 Å². The molecule has 0 aromatic carbocycles. The van der Waals surface area contributed by atoms with Crippen molar-refractivity contribution in [3.63, 3.8) is 0 Å². The standard InChI is InChI=1S/C16H29N3O2/c1-15(2,3)13(20-5)14-18-12(21-19-14)11-16(17-4)9-7-6-8-10-16/h13,17H,6-11H2,1-5H3. The fourth-order valence-electron chi connectivity index (χ4n) is 3.33. The molecule has 0 bridgehead atoms. The van der Waals surface area contributed by atoms with Crippen LogP contribution in [0, 0.1) is 5.41 Å². The van der Waals surface area contributed by atoms with Crippen LogP contribution in [0.5, 0.6) is 0 Å². The van der Waals surface area contributed by atoms with Gasteiger partial charge in [-0.2, -0.15) is 4.98 Å². The second-order valence-electron chi connectivity index (χ2n) is 7.30. The SMILES string of the molecule is CNC1(Cc2nc(C(OC)C(C)(C)C)no2)CCCCC1. The first-order chi connectivity index (χ1) is 9.90. The fraction of sp³-hybridized carbons (Fsp3) is 0.875. The minimum atomic E-state index is -0.146. The van der Waals surface area contributed by atoms with Crippen LogP contribution in [-0.2, 0) is 11.2 Å². The molecule has 0 radical (unpaired) electrons. The summed E-state index contributed by atoms with van der Waals surface area (Å²) in [5, 5.41) is 7.64. The summed E-state index contributed by atoms with van der Waals surface area (Å²) in [6.45, 7) is 6.36. The second-order valence-corrected chi connectivity index (χ2v) is 7.30. The highest BCUT2D eigenvalue weighted by atomic mass is 16.5. The summed E-state index contributed by atoms with van der Waals surface area (Å²) in [5.41, 5.74) is 0.0633. The lowest BCUT2D eigenvalue weighted by Crippen LogP contribution is -2.46. The predicted molar refractivity (Wildman–Crippen MR) is 82.1 cm³/mol. The molecule has 1 heterocycles. The summed E-state index contributed by atoms with van der Waals surface area (Å²) in [4.78, 5) is 4.59. The molecule has 0 saturated heterocycles. The van der Waals surface area contributed by atoms with Gasteiger partial charge in [0.05, 0.1) is 0 Å². The number of likely N-dealkylation sites (N-methyl/N-ethyl adjacent to an activating group) is 1. The van der Waals surface area contributed by atoms with Crippen LogP contribution in [-0.4, -0.2) is 29.8 Å². The second kappa shape index (κ2) is 6.44. The molecule has 1 aromatic rings. The van der Waals surface area contributed by atoms with Crippen molar-refractivity contribution in [2.75, 3.05) is 14.2 Å². The first-order valence-corrected chi connectivity index (χ1v) is 7.94. The Kier molecular flexibility index (Phi) is 5.04. The normalized spacial score (nSPS) is 20.4. The Morgan fingerprint density at radius 1 is 1.29 bits per heavy atom. The van der Waals surface area contributed by atoms with Crippen LogP contribution in [0.2, 0.25) is 0 Å². The third-order valence-corrected chi connectivity index (χ3v) is 4.57. The third kappa shape index (κ3) is 3.83. The zero-order valence-corrected chi connectivity index (χ0v) is 14.0. The van der Waals surface area contributed by atoms with E-state index in [0.717, 1.165) is 6.42 Å². The van der Waals surface area contributed by atoms with Gasteiger partial charge in [0.15, 0.2) is 0 Å². The Morgan fingerprint density at radius 3 is 2.48 bits per heavy atom. The highest BCUT2D eigenvalue weighted by Gasteiger charge is 2.34. The topological polar surface area (TPSA) is 60.2 Å². The smallest absolute Gasteiger partial charge is 0.228 e. The lowest BCUT2D eigenvalue weighted by atomic mass is 9.79. The van der Waals surface area contributed by atoms with Crippen molar-refractivity contribution < 1.29 is 9.26 Å². The number of rotatable bonds is 5. The molecule has 0 spiro atoms. The summed E-state index contributed by atoms with van der Waals surface area (Å²) in [6.07, 6.45) is 6.87. The van der Waals surface area contributed by atoms with Crippen molar-refractivity contribution in [2.45, 2.75) is 70.9 Å². The van der Waals surface area contributed by atoms with Gasteiger partial charge in [0.1, 0.15) is 6.10 Å². The monoisotopic (exact) mass is 295 g/mol. The van der Waals surface area contributed by atoms with Gasteiger partial charge in [-0.25, -0.2) is 0 Å². The average Bonchev–Trinajstić information content (AvgIpc) is 2.87. The summed E-state index contributed by atoms with van der Waals surface area (Å²) < 4.78 is 11.0. The van der Waals surface area contributed by atoms with E-state index in [-0.39, 0.29) is 17.1 Å². The zero-order chi connectivity index (χ0) is 15.5. The molecule has 2 rings (SSSR count). The van der Waals surface area contributed by atoms with Crippen molar-refractivity contribution in [3.05, 3.63) is 11.7 Å². The average molecular weight is 295 g/mol. The molecule has 120 valence electrons. The number of hydrogen-bond donors (Lipinski definition) is 1. The molecular weight excluding hydrogens is 266 g/mol. The van der Waals surface area contributed by atoms with Gasteiger partial charge in [-0.05, 0) is 25.3 Å². The van der Waals surface area contributed by atoms with E-state index >= 15 is 0 Å². The van der Waals surface area contributed by atoms with E-state index in [1.165, 1.54) is 32.1 Å². The summed E-state index contributed by atoms with van der Waals surface area (Å²) >= 11 is 0. The van der Waals surface area contributed by atoms with Gasteiger partial charge in [0.2, 0.25) is 11.7 Å². The van der Waals surface area contributed by atoms with Gasteiger partial charge in [-0.15, -0.1) is 0 Å². The van der Waals surface area contributed by atoms with E-state index < -0.39 is 0 Å². The fourth-order valence-corrected chi connectivity index (χ4v) is 3.33. The molecule has 1 saturated carbocycles. The van der Waals surface area contributed by atoms with Crippen LogP contribution < -0.4 is 5.32 Å². The Bertz CT molecular complexity index is 445. The predicted octanol–water partition coefficient (Wildman–Crippen LogP) is 3.27. The number of methoxy groups -OCH3 is 1. The minimum Gasteiger partial charge on any atom is -0.373 e. The number of nitrogens with zero attached hydrogens (tertiary/aromatic N) is 2. The molecule has 1 N–H and O–H groups in total. The largest absolute Gasteiger partial charge is 0.373 e.